The molecule has 0 atom stereocenters. The monoisotopic (exact) mass is 447 g/mol. The lowest BCUT2D eigenvalue weighted by atomic mass is 10.1. The predicted octanol–water partition coefficient (Wildman–Crippen LogP) is 7.34. The van der Waals surface area contributed by atoms with Crippen molar-refractivity contribution < 1.29 is 13.9 Å². The Morgan fingerprint density at radius 2 is 1.70 bits per heavy atom. The first-order chi connectivity index (χ1) is 14.4. The van der Waals surface area contributed by atoms with Gasteiger partial charge in [0.05, 0.1) is 16.7 Å². The van der Waals surface area contributed by atoms with Crippen LogP contribution in [-0.2, 0) is 13.2 Å². The van der Waals surface area contributed by atoms with Gasteiger partial charge in [0.25, 0.3) is 0 Å². The topological polar surface area (TPSA) is 30.5 Å². The maximum Gasteiger partial charge on any atom is 0.180 e. The van der Waals surface area contributed by atoms with Crippen molar-refractivity contribution in [2.45, 2.75) is 33.9 Å². The summed E-state index contributed by atoms with van der Waals surface area (Å²) in [7, 11) is 0. The van der Waals surface area contributed by atoms with Crippen LogP contribution in [0.3, 0.4) is 0 Å². The van der Waals surface area contributed by atoms with Crippen molar-refractivity contribution in [1.82, 2.24) is 0 Å². The van der Waals surface area contributed by atoms with Gasteiger partial charge in [0.1, 0.15) is 12.4 Å². The van der Waals surface area contributed by atoms with E-state index in [1.807, 2.05) is 19.1 Å². The Balaban J connectivity index is 1.76. The molecule has 0 bridgehead atoms. The van der Waals surface area contributed by atoms with E-state index in [4.69, 9.17) is 32.7 Å². The molecule has 1 N–H and O–H groups in total. The molecule has 0 saturated carbocycles. The summed E-state index contributed by atoms with van der Waals surface area (Å²) in [5.41, 5.74) is 5.16. The van der Waals surface area contributed by atoms with Crippen LogP contribution in [0.5, 0.6) is 11.5 Å². The van der Waals surface area contributed by atoms with Crippen LogP contribution in [-0.4, -0.2) is 6.61 Å². The Hall–Kier alpha value is -2.43. The molecule has 0 saturated heterocycles. The summed E-state index contributed by atoms with van der Waals surface area (Å²) in [4.78, 5) is 0. The number of nitrogens with one attached hydrogen (secondary N) is 1. The summed E-state index contributed by atoms with van der Waals surface area (Å²) in [6.07, 6.45) is 0. The van der Waals surface area contributed by atoms with Crippen molar-refractivity contribution in [3.05, 3.63) is 86.6 Å². The molecule has 0 aliphatic heterocycles. The maximum absolute atomic E-state index is 13.2. The van der Waals surface area contributed by atoms with E-state index < -0.39 is 5.82 Å². The molecule has 0 fully saturated rings. The van der Waals surface area contributed by atoms with E-state index in [-0.39, 0.29) is 6.61 Å². The van der Waals surface area contributed by atoms with Crippen LogP contribution in [0, 0.1) is 19.7 Å². The number of anilines is 1. The molecule has 0 aliphatic rings. The van der Waals surface area contributed by atoms with Gasteiger partial charge >= 0.3 is 0 Å². The van der Waals surface area contributed by atoms with Gasteiger partial charge in [-0.1, -0.05) is 35.3 Å². The zero-order valence-corrected chi connectivity index (χ0v) is 18.7. The number of hydrogen-bond donors (Lipinski definition) is 1. The first-order valence-electron chi connectivity index (χ1n) is 9.70. The van der Waals surface area contributed by atoms with Crippen LogP contribution < -0.4 is 14.8 Å². The van der Waals surface area contributed by atoms with Crippen molar-refractivity contribution >= 4 is 28.9 Å². The highest BCUT2D eigenvalue weighted by atomic mass is 35.5. The van der Waals surface area contributed by atoms with Crippen LogP contribution in [0.15, 0.2) is 48.5 Å². The van der Waals surface area contributed by atoms with E-state index in [0.717, 1.165) is 11.3 Å². The molecule has 0 amide bonds. The van der Waals surface area contributed by atoms with Gasteiger partial charge in [0.2, 0.25) is 0 Å². The minimum Gasteiger partial charge on any atom is -0.490 e. The molecular weight excluding hydrogens is 424 g/mol. The summed E-state index contributed by atoms with van der Waals surface area (Å²) in [6.45, 7) is 7.28. The summed E-state index contributed by atoms with van der Waals surface area (Å²) in [5, 5.41) is 4.15. The van der Waals surface area contributed by atoms with Gasteiger partial charge in [-0.2, -0.15) is 0 Å². The first-order valence-corrected chi connectivity index (χ1v) is 10.5. The largest absolute Gasteiger partial charge is 0.490 e. The van der Waals surface area contributed by atoms with Crippen LogP contribution in [0.1, 0.15) is 29.2 Å². The highest BCUT2D eigenvalue weighted by Gasteiger charge is 2.14. The third-order valence-corrected chi connectivity index (χ3v) is 5.39. The second-order valence-electron chi connectivity index (χ2n) is 7.01. The summed E-state index contributed by atoms with van der Waals surface area (Å²) in [5.74, 6) is 0.603. The number of ether oxygens (including phenoxy) is 2. The Labute approximate surface area is 186 Å². The second kappa shape index (κ2) is 10.1. The third-order valence-electron chi connectivity index (χ3n) is 4.76. The Bertz CT molecular complexity index is 1040. The zero-order chi connectivity index (χ0) is 21.7. The molecule has 0 aliphatic carbocycles. The highest BCUT2D eigenvalue weighted by molar-refractivity contribution is 6.32. The molecule has 3 rings (SSSR count). The number of rotatable bonds is 8. The molecule has 3 aromatic carbocycles. The van der Waals surface area contributed by atoms with Gasteiger partial charge in [-0.05, 0) is 73.9 Å². The number of benzene rings is 3. The van der Waals surface area contributed by atoms with Crippen LogP contribution in [0.25, 0.3) is 0 Å². The molecular formula is C24H24Cl2FNO2. The van der Waals surface area contributed by atoms with E-state index in [1.54, 1.807) is 6.07 Å². The molecule has 6 heteroatoms. The summed E-state index contributed by atoms with van der Waals surface area (Å²) >= 11 is 12.6. The summed E-state index contributed by atoms with van der Waals surface area (Å²) < 4.78 is 24.9. The van der Waals surface area contributed by atoms with Gasteiger partial charge in [0, 0.05) is 17.8 Å². The zero-order valence-electron chi connectivity index (χ0n) is 17.2. The van der Waals surface area contributed by atoms with Gasteiger partial charge in [0.15, 0.2) is 11.5 Å². The maximum atomic E-state index is 13.2. The fourth-order valence-corrected chi connectivity index (χ4v) is 3.48. The van der Waals surface area contributed by atoms with Crippen molar-refractivity contribution in [2.75, 3.05) is 11.9 Å². The fourth-order valence-electron chi connectivity index (χ4n) is 2.97. The normalized spacial score (nSPS) is 10.7. The lowest BCUT2D eigenvalue weighted by Crippen LogP contribution is -2.04. The molecule has 158 valence electrons. The number of halogens is 3. The van der Waals surface area contributed by atoms with E-state index >= 15 is 0 Å². The number of hydrogen-bond acceptors (Lipinski definition) is 3. The SMILES string of the molecule is CCOc1cc(CNc2ccc(C)c(C)c2)cc(Cl)c1OCc1ccc(F)cc1Cl. The van der Waals surface area contributed by atoms with Gasteiger partial charge < -0.3 is 14.8 Å². The van der Waals surface area contributed by atoms with E-state index in [9.17, 15) is 4.39 Å². The fraction of sp³-hybridized carbons (Fsp3) is 0.250. The first kappa shape index (κ1) is 22.3. The van der Waals surface area contributed by atoms with Crippen LogP contribution in [0.2, 0.25) is 10.0 Å². The third kappa shape index (κ3) is 5.59. The molecule has 3 nitrogen and oxygen atoms in total. The lowest BCUT2D eigenvalue weighted by molar-refractivity contribution is 0.269. The van der Waals surface area contributed by atoms with Gasteiger partial charge in [-0.15, -0.1) is 0 Å². The second-order valence-corrected chi connectivity index (χ2v) is 7.83. The van der Waals surface area contributed by atoms with Gasteiger partial charge in [-0.25, -0.2) is 4.39 Å². The molecule has 0 radical (unpaired) electrons. The molecule has 0 unspecified atom stereocenters. The standard InChI is InChI=1S/C24H24Cl2FNO2/c1-4-29-23-11-17(13-28-20-8-5-15(2)16(3)9-20)10-22(26)24(23)30-14-18-6-7-19(27)12-21(18)25/h5-12,28H,4,13-14H2,1-3H3. The van der Waals surface area contributed by atoms with Crippen molar-refractivity contribution in [3.8, 4) is 11.5 Å². The van der Waals surface area contributed by atoms with Crippen molar-refractivity contribution in [3.63, 3.8) is 0 Å². The van der Waals surface area contributed by atoms with E-state index in [1.165, 1.54) is 23.3 Å². The minimum atomic E-state index is -0.391. The van der Waals surface area contributed by atoms with Crippen molar-refractivity contribution in [1.29, 1.82) is 0 Å². The van der Waals surface area contributed by atoms with Gasteiger partial charge in [-0.3, -0.25) is 0 Å². The molecule has 3 aromatic rings. The average molecular weight is 448 g/mol. The molecule has 0 aromatic heterocycles. The van der Waals surface area contributed by atoms with Crippen LogP contribution in [0.4, 0.5) is 10.1 Å². The molecule has 0 heterocycles. The average Bonchev–Trinajstić information content (AvgIpc) is 2.70. The Morgan fingerprint density at radius 1 is 0.900 bits per heavy atom. The van der Waals surface area contributed by atoms with E-state index in [2.05, 4.69) is 37.4 Å². The number of aryl methyl sites for hydroxylation is 2. The van der Waals surface area contributed by atoms with Crippen LogP contribution >= 0.6 is 23.2 Å². The minimum absolute atomic E-state index is 0.152. The lowest BCUT2D eigenvalue weighted by Gasteiger charge is -2.16. The smallest absolute Gasteiger partial charge is 0.180 e. The summed E-state index contributed by atoms with van der Waals surface area (Å²) in [6, 6.07) is 14.2. The van der Waals surface area contributed by atoms with E-state index in [0.29, 0.717) is 40.3 Å². The van der Waals surface area contributed by atoms with Crippen molar-refractivity contribution in [2.24, 2.45) is 0 Å². The Morgan fingerprint density at radius 3 is 2.40 bits per heavy atom. The highest BCUT2D eigenvalue weighted by Crippen LogP contribution is 2.38. The quantitative estimate of drug-likeness (QED) is 0.391. The Kier molecular flexibility index (Phi) is 7.46. The molecule has 0 spiro atoms. The molecule has 30 heavy (non-hydrogen) atoms. The predicted molar refractivity (Wildman–Crippen MR) is 122 cm³/mol.